The third-order valence-electron chi connectivity index (χ3n) is 14.5. The van der Waals surface area contributed by atoms with Crippen molar-refractivity contribution in [1.82, 2.24) is 0 Å². The number of aliphatic hydroxyl groups is 23. The van der Waals surface area contributed by atoms with Crippen molar-refractivity contribution in [2.45, 2.75) is 215 Å². The van der Waals surface area contributed by atoms with Gasteiger partial charge in [0.05, 0.1) is 46.2 Å². The van der Waals surface area contributed by atoms with Crippen LogP contribution >= 0.6 is 0 Å². The molecular formula is C42H72O36. The van der Waals surface area contributed by atoms with Crippen LogP contribution < -0.4 is 0 Å². The maximum absolute atomic E-state index is 11.8. The Hall–Kier alpha value is -1.44. The minimum absolute atomic E-state index is 0.822. The third-order valence-corrected chi connectivity index (χ3v) is 14.5. The van der Waals surface area contributed by atoms with E-state index in [0.29, 0.717) is 0 Å². The molecule has 0 amide bonds. The summed E-state index contributed by atoms with van der Waals surface area (Å²) in [6.07, 6.45) is -69.0. The number of ether oxygens (including phenoxy) is 13. The predicted molar refractivity (Wildman–Crippen MR) is 232 cm³/mol. The Morgan fingerprint density at radius 1 is 0.218 bits per heavy atom. The van der Waals surface area contributed by atoms with E-state index in [4.69, 9.17) is 61.6 Å². The predicted octanol–water partition coefficient (Wildman–Crippen LogP) is -16.3. The van der Waals surface area contributed by atoms with Crippen LogP contribution in [0.4, 0.5) is 0 Å². The Balaban J connectivity index is 1.09. The molecule has 7 saturated heterocycles. The van der Waals surface area contributed by atoms with Gasteiger partial charge in [0.25, 0.3) is 0 Å². The molecule has 35 atom stereocenters. The molecule has 0 bridgehead atoms. The molecule has 14 unspecified atom stereocenters. The fraction of sp³-hybridized carbons (Fsp3) is 1.00. The lowest BCUT2D eigenvalue weighted by molar-refractivity contribution is -0.394. The zero-order chi connectivity index (χ0) is 57.3. The zero-order valence-electron chi connectivity index (χ0n) is 40.8. The molecule has 36 heteroatoms. The molecule has 7 aliphatic rings. The molecule has 7 rings (SSSR count). The molecule has 7 aliphatic heterocycles. The van der Waals surface area contributed by atoms with Crippen molar-refractivity contribution in [2.75, 3.05) is 46.2 Å². The molecule has 7 fully saturated rings. The Bertz CT molecular complexity index is 1810. The van der Waals surface area contributed by atoms with Gasteiger partial charge in [0.1, 0.15) is 171 Å². The van der Waals surface area contributed by atoms with Crippen LogP contribution in [-0.2, 0) is 61.6 Å². The number of hydrogen-bond acceptors (Lipinski definition) is 36. The maximum Gasteiger partial charge on any atom is 0.187 e. The van der Waals surface area contributed by atoms with Crippen molar-refractivity contribution in [2.24, 2.45) is 0 Å². The lowest BCUT2D eigenvalue weighted by atomic mass is 9.95. The van der Waals surface area contributed by atoms with Gasteiger partial charge in [0, 0.05) is 0 Å². The fourth-order valence-electron chi connectivity index (χ4n) is 9.67. The van der Waals surface area contributed by atoms with E-state index in [2.05, 4.69) is 0 Å². The minimum atomic E-state index is -2.37. The highest BCUT2D eigenvalue weighted by Crippen LogP contribution is 2.36. The monoisotopic (exact) mass is 1150 g/mol. The Labute approximate surface area is 439 Å². The molecule has 7 heterocycles. The third kappa shape index (κ3) is 13.4. The molecule has 456 valence electrons. The summed E-state index contributed by atoms with van der Waals surface area (Å²) in [5.41, 5.74) is 0. The van der Waals surface area contributed by atoms with Crippen molar-refractivity contribution in [1.29, 1.82) is 0 Å². The van der Waals surface area contributed by atoms with Gasteiger partial charge in [-0.05, 0) is 0 Å². The highest BCUT2D eigenvalue weighted by atomic mass is 16.8. The van der Waals surface area contributed by atoms with E-state index < -0.39 is 261 Å². The average molecular weight is 1150 g/mol. The summed E-state index contributed by atoms with van der Waals surface area (Å²) in [5, 5.41) is 244. The van der Waals surface area contributed by atoms with Gasteiger partial charge in [-0.1, -0.05) is 0 Å². The lowest BCUT2D eigenvalue weighted by Gasteiger charge is -2.49. The van der Waals surface area contributed by atoms with E-state index in [-0.39, 0.29) is 0 Å². The first kappa shape index (κ1) is 64.1. The first-order chi connectivity index (χ1) is 36.9. The summed E-state index contributed by atoms with van der Waals surface area (Å²) in [7, 11) is 0. The van der Waals surface area contributed by atoms with Crippen molar-refractivity contribution in [3.05, 3.63) is 0 Å². The van der Waals surface area contributed by atoms with Gasteiger partial charge in [-0.25, -0.2) is 0 Å². The van der Waals surface area contributed by atoms with Crippen LogP contribution in [0.3, 0.4) is 0 Å². The van der Waals surface area contributed by atoms with Crippen LogP contribution in [0.2, 0.25) is 0 Å². The van der Waals surface area contributed by atoms with Crippen molar-refractivity contribution in [3.8, 4) is 0 Å². The van der Waals surface area contributed by atoms with Gasteiger partial charge in [-0.15, -0.1) is 0 Å². The van der Waals surface area contributed by atoms with Gasteiger partial charge in [-0.2, -0.15) is 0 Å². The first-order valence-electron chi connectivity index (χ1n) is 24.6. The summed E-state index contributed by atoms with van der Waals surface area (Å²) in [4.78, 5) is 0. The smallest absolute Gasteiger partial charge is 0.187 e. The van der Waals surface area contributed by atoms with E-state index in [1.165, 1.54) is 0 Å². The molecule has 78 heavy (non-hydrogen) atoms. The Morgan fingerprint density at radius 2 is 0.449 bits per heavy atom. The highest BCUT2D eigenvalue weighted by molar-refractivity contribution is 5.00. The van der Waals surface area contributed by atoms with Crippen LogP contribution in [0.15, 0.2) is 0 Å². The summed E-state index contributed by atoms with van der Waals surface area (Å²) in [5.74, 6) is 0. The second kappa shape index (κ2) is 27.5. The van der Waals surface area contributed by atoms with Crippen LogP contribution in [0, 0.1) is 0 Å². The normalized spacial score (nSPS) is 53.5. The molecular weight excluding hydrogens is 1080 g/mol. The fourth-order valence-corrected chi connectivity index (χ4v) is 9.67. The van der Waals surface area contributed by atoms with Gasteiger partial charge in [0.15, 0.2) is 44.0 Å². The Morgan fingerprint density at radius 3 is 0.795 bits per heavy atom. The second-order valence-corrected chi connectivity index (χ2v) is 19.7. The van der Waals surface area contributed by atoms with Gasteiger partial charge >= 0.3 is 0 Å². The number of rotatable bonds is 19. The number of hydrogen-bond donors (Lipinski definition) is 23. The SMILES string of the molecule is OCC1O[C@@H](OCC2O[C@@H](O[C@@H]3C(O)[C@H](O[C@@H]4C(O)[C@H](O[C@@H]5C(O)[C@H](O)OC(CO[C@@H]6OC(CO)[C@@H](O)[C@H](O)C6O)[C@H]5O)OC(CO)[C@H]4O)OC(CO[C@@H]4OC(CO)[C@@H](O)[C@H](O)C4O)[C@H]3O)C(O)[C@@H](O)[C@@H]2O)C(O)[C@@H](O)[C@@H]1O. The average Bonchev–Trinajstić information content (AvgIpc) is 3.42. The van der Waals surface area contributed by atoms with Crippen LogP contribution in [0.1, 0.15) is 0 Å². The molecule has 0 aromatic rings. The van der Waals surface area contributed by atoms with Crippen LogP contribution in [0.5, 0.6) is 0 Å². The molecule has 0 aliphatic carbocycles. The van der Waals surface area contributed by atoms with E-state index in [1.54, 1.807) is 0 Å². The van der Waals surface area contributed by atoms with Gasteiger partial charge in [-0.3, -0.25) is 0 Å². The summed E-state index contributed by atoms with van der Waals surface area (Å²) in [6.45, 7) is -6.31. The maximum atomic E-state index is 11.8. The molecule has 0 spiro atoms. The molecule has 0 radical (unpaired) electrons. The summed E-state index contributed by atoms with van der Waals surface area (Å²) in [6, 6.07) is 0. The second-order valence-electron chi connectivity index (χ2n) is 19.7. The van der Waals surface area contributed by atoms with Crippen molar-refractivity contribution in [3.63, 3.8) is 0 Å². The molecule has 0 saturated carbocycles. The first-order valence-corrected chi connectivity index (χ1v) is 24.6. The topological polar surface area (TPSA) is 585 Å². The standard InChI is InChI=1S/C42H72O36/c43-1-8-15(47)22(54)26(58)37(70-8)66-5-12-18(50)25(57)29(61)40(74-12)77-35-21(53)14(7-68-39-28(60)24(56)17(49)10(3-45)72-39)75-42(32(35)64)78-34-19(51)11(4-46)73-41(31(34)63)76-33-20(52)13(69-36(65)30(33)62)6-67-38-27(59)23(55)16(48)9(2-44)71-38/h8-65H,1-7H2/t8?,9?,10?,11?,12?,13?,14?,15-,16-,17-,18-,19-,20-,21-,22+,23+,24+,25+,26?,27?,28?,29?,30?,31?,32?,33+,34+,35+,36-,37-,38-,39-,40+,41+,42+/m1/s1. The minimum Gasteiger partial charge on any atom is -0.394 e. The van der Waals surface area contributed by atoms with Crippen LogP contribution in [0.25, 0.3) is 0 Å². The zero-order valence-corrected chi connectivity index (χ0v) is 40.8. The van der Waals surface area contributed by atoms with Crippen molar-refractivity contribution < 1.29 is 179 Å². The van der Waals surface area contributed by atoms with E-state index >= 15 is 0 Å². The van der Waals surface area contributed by atoms with E-state index in [0.717, 1.165) is 0 Å². The lowest BCUT2D eigenvalue weighted by Crippen LogP contribution is -2.68. The summed E-state index contributed by atoms with van der Waals surface area (Å²) < 4.78 is 72.0. The summed E-state index contributed by atoms with van der Waals surface area (Å²) >= 11 is 0. The van der Waals surface area contributed by atoms with E-state index in [1.807, 2.05) is 0 Å². The van der Waals surface area contributed by atoms with Crippen LogP contribution in [-0.4, -0.2) is 379 Å². The molecule has 0 aromatic carbocycles. The van der Waals surface area contributed by atoms with Crippen molar-refractivity contribution >= 4 is 0 Å². The molecule has 36 nitrogen and oxygen atoms in total. The largest absolute Gasteiger partial charge is 0.394 e. The Kier molecular flexibility index (Phi) is 22.6. The van der Waals surface area contributed by atoms with E-state index in [9.17, 15) is 117 Å². The molecule has 23 N–H and O–H groups in total. The molecule has 0 aromatic heterocycles. The van der Waals surface area contributed by atoms with Gasteiger partial charge in [0.2, 0.25) is 0 Å². The highest BCUT2D eigenvalue weighted by Gasteiger charge is 2.57. The number of aliphatic hydroxyl groups excluding tert-OH is 23. The quantitative estimate of drug-likeness (QED) is 0.0571. The van der Waals surface area contributed by atoms with Gasteiger partial charge < -0.3 is 179 Å².